The fourth-order valence-electron chi connectivity index (χ4n) is 2.52. The first kappa shape index (κ1) is 20.5. The summed E-state index contributed by atoms with van der Waals surface area (Å²) in [6, 6.07) is 3.08. The zero-order valence-electron chi connectivity index (χ0n) is 13.3. The molecule has 23 heavy (non-hydrogen) atoms. The van der Waals surface area contributed by atoms with E-state index in [2.05, 4.69) is 15.9 Å². The van der Waals surface area contributed by atoms with E-state index in [0.29, 0.717) is 29.9 Å². The molecule has 1 heterocycles. The SMILES string of the molecule is COc1cc(OC)c(S(=O)(=O)N2CCC(C)(CN)C2)cc1Br.Cl. The molecule has 1 aromatic carbocycles. The van der Waals surface area contributed by atoms with Gasteiger partial charge in [0.25, 0.3) is 0 Å². The molecule has 0 bridgehead atoms. The largest absolute Gasteiger partial charge is 0.495 e. The van der Waals surface area contributed by atoms with Gasteiger partial charge in [-0.1, -0.05) is 6.92 Å². The van der Waals surface area contributed by atoms with Crippen molar-refractivity contribution in [1.29, 1.82) is 0 Å². The summed E-state index contributed by atoms with van der Waals surface area (Å²) in [5.41, 5.74) is 5.58. The van der Waals surface area contributed by atoms with Crippen molar-refractivity contribution in [1.82, 2.24) is 4.31 Å². The van der Waals surface area contributed by atoms with E-state index in [1.54, 1.807) is 6.07 Å². The predicted octanol–water partition coefficient (Wildman–Crippen LogP) is 2.25. The Morgan fingerprint density at radius 1 is 1.30 bits per heavy atom. The Kier molecular flexibility index (Phi) is 6.74. The number of sulfonamides is 1. The Labute approximate surface area is 151 Å². The Morgan fingerprint density at radius 2 is 1.91 bits per heavy atom. The van der Waals surface area contributed by atoms with Gasteiger partial charge in [-0.25, -0.2) is 8.42 Å². The van der Waals surface area contributed by atoms with Gasteiger partial charge in [-0.3, -0.25) is 0 Å². The minimum atomic E-state index is -3.64. The number of methoxy groups -OCH3 is 2. The van der Waals surface area contributed by atoms with Crippen molar-refractivity contribution in [3.05, 3.63) is 16.6 Å². The average Bonchev–Trinajstić information content (AvgIpc) is 2.91. The second kappa shape index (κ2) is 7.57. The number of nitrogens with two attached hydrogens (primary N) is 1. The summed E-state index contributed by atoms with van der Waals surface area (Å²) in [5, 5.41) is 0. The van der Waals surface area contributed by atoms with Crippen molar-refractivity contribution < 1.29 is 17.9 Å². The van der Waals surface area contributed by atoms with Crippen LogP contribution in [0.4, 0.5) is 0 Å². The van der Waals surface area contributed by atoms with Gasteiger partial charge in [-0.2, -0.15) is 4.31 Å². The van der Waals surface area contributed by atoms with E-state index in [-0.39, 0.29) is 28.5 Å². The van der Waals surface area contributed by atoms with Gasteiger partial charge < -0.3 is 15.2 Å². The molecule has 132 valence electrons. The molecule has 1 saturated heterocycles. The van der Waals surface area contributed by atoms with Gasteiger partial charge in [0.1, 0.15) is 16.4 Å². The van der Waals surface area contributed by atoms with Crippen molar-refractivity contribution in [2.75, 3.05) is 33.9 Å². The van der Waals surface area contributed by atoms with Crippen LogP contribution in [0.3, 0.4) is 0 Å². The molecule has 6 nitrogen and oxygen atoms in total. The minimum absolute atomic E-state index is 0. The molecule has 0 spiro atoms. The number of benzene rings is 1. The molecule has 1 aromatic rings. The summed E-state index contributed by atoms with van der Waals surface area (Å²) in [4.78, 5) is 0.129. The highest BCUT2D eigenvalue weighted by molar-refractivity contribution is 9.10. The first-order valence-electron chi connectivity index (χ1n) is 6.89. The van der Waals surface area contributed by atoms with Crippen molar-refractivity contribution >= 4 is 38.4 Å². The second-order valence-corrected chi connectivity index (χ2v) is 8.50. The van der Waals surface area contributed by atoms with E-state index >= 15 is 0 Å². The molecule has 0 radical (unpaired) electrons. The maximum Gasteiger partial charge on any atom is 0.246 e. The number of rotatable bonds is 5. The lowest BCUT2D eigenvalue weighted by Crippen LogP contribution is -2.34. The third-order valence-corrected chi connectivity index (χ3v) is 6.56. The van der Waals surface area contributed by atoms with Crippen LogP contribution < -0.4 is 15.2 Å². The van der Waals surface area contributed by atoms with Gasteiger partial charge in [0.2, 0.25) is 10.0 Å². The summed E-state index contributed by atoms with van der Waals surface area (Å²) in [6.07, 6.45) is 0.752. The molecule has 1 aliphatic rings. The maximum atomic E-state index is 12.9. The summed E-state index contributed by atoms with van der Waals surface area (Å²) in [5.74, 6) is 0.783. The van der Waals surface area contributed by atoms with Gasteiger partial charge in [-0.15, -0.1) is 12.4 Å². The molecule has 1 atom stereocenters. The molecular weight excluding hydrogens is 408 g/mol. The maximum absolute atomic E-state index is 12.9. The monoisotopic (exact) mass is 428 g/mol. The molecule has 0 saturated carbocycles. The number of ether oxygens (including phenoxy) is 2. The average molecular weight is 430 g/mol. The minimum Gasteiger partial charge on any atom is -0.495 e. The van der Waals surface area contributed by atoms with Crippen molar-refractivity contribution in [2.45, 2.75) is 18.2 Å². The molecule has 0 aromatic heterocycles. The van der Waals surface area contributed by atoms with Gasteiger partial charge >= 0.3 is 0 Å². The lowest BCUT2D eigenvalue weighted by molar-refractivity contribution is 0.347. The van der Waals surface area contributed by atoms with Crippen LogP contribution in [-0.2, 0) is 10.0 Å². The topological polar surface area (TPSA) is 81.9 Å². The van der Waals surface area contributed by atoms with E-state index in [9.17, 15) is 8.42 Å². The van der Waals surface area contributed by atoms with Crippen LogP contribution in [0.25, 0.3) is 0 Å². The summed E-state index contributed by atoms with van der Waals surface area (Å²) in [7, 11) is -0.688. The summed E-state index contributed by atoms with van der Waals surface area (Å²) >= 11 is 3.32. The zero-order valence-corrected chi connectivity index (χ0v) is 16.6. The highest BCUT2D eigenvalue weighted by atomic mass is 79.9. The van der Waals surface area contributed by atoms with E-state index in [4.69, 9.17) is 15.2 Å². The quantitative estimate of drug-likeness (QED) is 0.776. The van der Waals surface area contributed by atoms with Crippen LogP contribution in [0.15, 0.2) is 21.5 Å². The highest BCUT2D eigenvalue weighted by Gasteiger charge is 2.40. The van der Waals surface area contributed by atoms with Crippen LogP contribution in [0.1, 0.15) is 13.3 Å². The molecule has 2 N–H and O–H groups in total. The summed E-state index contributed by atoms with van der Waals surface area (Å²) < 4.78 is 38.3. The molecule has 9 heteroatoms. The Hall–Kier alpha value is -0.540. The van der Waals surface area contributed by atoms with Crippen LogP contribution in [0, 0.1) is 5.41 Å². The number of nitrogens with zero attached hydrogens (tertiary/aromatic N) is 1. The fourth-order valence-corrected chi connectivity index (χ4v) is 4.93. The van der Waals surface area contributed by atoms with E-state index in [1.165, 1.54) is 24.6 Å². The number of halogens is 2. The molecule has 0 aliphatic carbocycles. The van der Waals surface area contributed by atoms with Crippen molar-refractivity contribution in [2.24, 2.45) is 11.1 Å². The van der Waals surface area contributed by atoms with E-state index < -0.39 is 10.0 Å². The smallest absolute Gasteiger partial charge is 0.246 e. The standard InChI is InChI=1S/C14H21BrN2O4S.ClH/c1-14(8-16)4-5-17(9-14)22(18,19)13-6-10(15)11(20-2)7-12(13)21-3;/h6-7H,4-5,8-9,16H2,1-3H3;1H. The first-order valence-corrected chi connectivity index (χ1v) is 9.12. The van der Waals surface area contributed by atoms with Crippen LogP contribution in [-0.4, -0.2) is 46.6 Å². The highest BCUT2D eigenvalue weighted by Crippen LogP contribution is 2.39. The van der Waals surface area contributed by atoms with Crippen molar-refractivity contribution in [3.8, 4) is 11.5 Å². The Bertz CT molecular complexity index is 671. The lowest BCUT2D eigenvalue weighted by Gasteiger charge is -2.23. The third kappa shape index (κ3) is 3.93. The fraction of sp³-hybridized carbons (Fsp3) is 0.571. The van der Waals surface area contributed by atoms with E-state index in [0.717, 1.165) is 6.42 Å². The Morgan fingerprint density at radius 3 is 2.39 bits per heavy atom. The van der Waals surface area contributed by atoms with Gasteiger partial charge in [0, 0.05) is 19.2 Å². The van der Waals surface area contributed by atoms with Gasteiger partial charge in [0.15, 0.2) is 0 Å². The van der Waals surface area contributed by atoms with Gasteiger partial charge in [0.05, 0.1) is 18.7 Å². The third-order valence-electron chi connectivity index (χ3n) is 4.07. The molecule has 2 rings (SSSR count). The van der Waals surface area contributed by atoms with Crippen LogP contribution in [0.2, 0.25) is 0 Å². The van der Waals surface area contributed by atoms with E-state index in [1.807, 2.05) is 6.92 Å². The lowest BCUT2D eigenvalue weighted by atomic mass is 9.90. The molecule has 1 aliphatic heterocycles. The van der Waals surface area contributed by atoms with Crippen LogP contribution >= 0.6 is 28.3 Å². The number of hydrogen-bond acceptors (Lipinski definition) is 5. The second-order valence-electron chi connectivity index (χ2n) is 5.74. The first-order chi connectivity index (χ1) is 10.3. The van der Waals surface area contributed by atoms with Gasteiger partial charge in [-0.05, 0) is 40.4 Å². The normalized spacial score (nSPS) is 21.8. The summed E-state index contributed by atoms with van der Waals surface area (Å²) in [6.45, 7) is 3.34. The Balaban J connectivity index is 0.00000264. The molecule has 1 unspecified atom stereocenters. The van der Waals surface area contributed by atoms with Crippen molar-refractivity contribution in [3.63, 3.8) is 0 Å². The van der Waals surface area contributed by atoms with Crippen LogP contribution in [0.5, 0.6) is 11.5 Å². The molecular formula is C14H22BrClN2O4S. The molecule has 0 amide bonds. The zero-order chi connectivity index (χ0) is 16.5. The number of hydrogen-bond donors (Lipinski definition) is 1. The predicted molar refractivity (Wildman–Crippen MR) is 95.0 cm³/mol. The molecule has 1 fully saturated rings.